The van der Waals surface area contributed by atoms with Crippen LogP contribution in [0.15, 0.2) is 42.5 Å². The number of nitrogens with zero attached hydrogens (tertiary/aromatic N) is 1. The van der Waals surface area contributed by atoms with E-state index in [9.17, 15) is 14.4 Å². The molecule has 1 heterocycles. The van der Waals surface area contributed by atoms with Crippen LogP contribution in [0.25, 0.3) is 0 Å². The molecule has 0 bridgehead atoms. The van der Waals surface area contributed by atoms with Crippen molar-refractivity contribution in [1.29, 1.82) is 0 Å². The fourth-order valence-electron chi connectivity index (χ4n) is 5.37. The maximum absolute atomic E-state index is 12.8. The van der Waals surface area contributed by atoms with Gasteiger partial charge in [-0.3, -0.25) is 9.59 Å². The van der Waals surface area contributed by atoms with E-state index in [0.29, 0.717) is 31.8 Å². The SMILES string of the molecule is CC(C)c1cccc(CC(=O)Cc2ccc3c(c2)CCN(C(=O)OC2CCC(CC(=O)O)CC2)C3)c1. The van der Waals surface area contributed by atoms with Crippen LogP contribution < -0.4 is 0 Å². The molecule has 36 heavy (non-hydrogen) atoms. The van der Waals surface area contributed by atoms with Crippen molar-refractivity contribution < 1.29 is 24.2 Å². The fraction of sp³-hybridized carbons (Fsp3) is 0.500. The van der Waals surface area contributed by atoms with E-state index in [1.54, 1.807) is 4.90 Å². The highest BCUT2D eigenvalue weighted by Gasteiger charge is 2.28. The Morgan fingerprint density at radius 1 is 0.972 bits per heavy atom. The molecular weight excluding hydrogens is 454 g/mol. The zero-order valence-corrected chi connectivity index (χ0v) is 21.4. The molecule has 1 amide bonds. The predicted octanol–water partition coefficient (Wildman–Crippen LogP) is 5.69. The third-order valence-corrected chi connectivity index (χ3v) is 7.49. The number of benzene rings is 2. The van der Waals surface area contributed by atoms with E-state index in [2.05, 4.69) is 32.0 Å². The first kappa shape index (κ1) is 25.9. The van der Waals surface area contributed by atoms with Gasteiger partial charge < -0.3 is 14.7 Å². The Morgan fingerprint density at radius 3 is 2.39 bits per heavy atom. The Labute approximate surface area is 213 Å². The molecule has 4 rings (SSSR count). The molecule has 2 aromatic carbocycles. The minimum atomic E-state index is -0.758. The van der Waals surface area contributed by atoms with Gasteiger partial charge in [0, 0.05) is 32.4 Å². The van der Waals surface area contributed by atoms with Crippen LogP contribution in [0, 0.1) is 5.92 Å². The van der Waals surface area contributed by atoms with E-state index in [1.807, 2.05) is 24.3 Å². The highest BCUT2D eigenvalue weighted by Crippen LogP contribution is 2.29. The number of amides is 1. The summed E-state index contributed by atoms with van der Waals surface area (Å²) in [5.41, 5.74) is 5.63. The number of carbonyl (C=O) groups is 3. The summed E-state index contributed by atoms with van der Waals surface area (Å²) in [4.78, 5) is 38.1. The van der Waals surface area contributed by atoms with Gasteiger partial charge in [0.05, 0.1) is 0 Å². The summed E-state index contributed by atoms with van der Waals surface area (Å²) >= 11 is 0. The van der Waals surface area contributed by atoms with Crippen LogP contribution in [0.5, 0.6) is 0 Å². The molecule has 1 saturated carbocycles. The molecule has 1 aliphatic carbocycles. The second kappa shape index (κ2) is 11.7. The van der Waals surface area contributed by atoms with Crippen LogP contribution in [0.3, 0.4) is 0 Å². The van der Waals surface area contributed by atoms with Gasteiger partial charge in [-0.1, -0.05) is 56.3 Å². The van der Waals surface area contributed by atoms with Gasteiger partial charge >= 0.3 is 12.1 Å². The molecular formula is C30H37NO5. The second-order valence-electron chi connectivity index (χ2n) is 10.7. The monoisotopic (exact) mass is 491 g/mol. The van der Waals surface area contributed by atoms with Crippen LogP contribution in [0.2, 0.25) is 0 Å². The third-order valence-electron chi connectivity index (χ3n) is 7.49. The molecule has 2 aromatic rings. The average molecular weight is 492 g/mol. The molecule has 0 saturated heterocycles. The van der Waals surface area contributed by atoms with Crippen LogP contribution in [-0.2, 0) is 40.1 Å². The van der Waals surface area contributed by atoms with E-state index in [-0.39, 0.29) is 30.3 Å². The van der Waals surface area contributed by atoms with Gasteiger partial charge in [-0.2, -0.15) is 0 Å². The summed E-state index contributed by atoms with van der Waals surface area (Å²) < 4.78 is 5.75. The number of carboxylic acid groups (broad SMARTS) is 1. The van der Waals surface area contributed by atoms with E-state index < -0.39 is 5.97 Å². The number of carboxylic acids is 1. The second-order valence-corrected chi connectivity index (χ2v) is 10.7. The van der Waals surface area contributed by atoms with Crippen molar-refractivity contribution in [3.63, 3.8) is 0 Å². The number of fused-ring (bicyclic) bond motifs is 1. The zero-order chi connectivity index (χ0) is 25.7. The Kier molecular flexibility index (Phi) is 8.44. The average Bonchev–Trinajstić information content (AvgIpc) is 2.84. The summed E-state index contributed by atoms with van der Waals surface area (Å²) in [6.45, 7) is 5.42. The lowest BCUT2D eigenvalue weighted by molar-refractivity contribution is -0.138. The van der Waals surface area contributed by atoms with Gasteiger partial charge in [-0.25, -0.2) is 4.79 Å². The van der Waals surface area contributed by atoms with Crippen molar-refractivity contribution in [2.24, 2.45) is 5.92 Å². The molecule has 6 heteroatoms. The Bertz CT molecular complexity index is 1100. The maximum Gasteiger partial charge on any atom is 0.410 e. The lowest BCUT2D eigenvalue weighted by atomic mass is 9.85. The van der Waals surface area contributed by atoms with Gasteiger partial charge in [0.1, 0.15) is 11.9 Å². The molecule has 0 atom stereocenters. The maximum atomic E-state index is 12.8. The van der Waals surface area contributed by atoms with Crippen molar-refractivity contribution in [2.45, 2.75) is 83.8 Å². The third kappa shape index (κ3) is 6.96. The van der Waals surface area contributed by atoms with Crippen molar-refractivity contribution in [3.8, 4) is 0 Å². The molecule has 192 valence electrons. The fourth-order valence-corrected chi connectivity index (χ4v) is 5.37. The predicted molar refractivity (Wildman–Crippen MR) is 138 cm³/mol. The topological polar surface area (TPSA) is 83.9 Å². The van der Waals surface area contributed by atoms with Crippen LogP contribution >= 0.6 is 0 Å². The molecule has 2 aliphatic rings. The molecule has 1 N–H and O–H groups in total. The molecule has 0 radical (unpaired) electrons. The van der Waals surface area contributed by atoms with E-state index >= 15 is 0 Å². The summed E-state index contributed by atoms with van der Waals surface area (Å²) in [7, 11) is 0. The Morgan fingerprint density at radius 2 is 1.69 bits per heavy atom. The number of hydrogen-bond donors (Lipinski definition) is 1. The van der Waals surface area contributed by atoms with Crippen molar-refractivity contribution in [1.82, 2.24) is 4.90 Å². The molecule has 0 aromatic heterocycles. The van der Waals surface area contributed by atoms with Crippen LogP contribution in [-0.4, -0.2) is 40.5 Å². The highest BCUT2D eigenvalue weighted by atomic mass is 16.6. The summed E-state index contributed by atoms with van der Waals surface area (Å²) in [6, 6.07) is 14.4. The summed E-state index contributed by atoms with van der Waals surface area (Å²) in [5.74, 6) is 0.0725. The highest BCUT2D eigenvalue weighted by molar-refractivity contribution is 5.83. The normalized spacial score (nSPS) is 19.6. The van der Waals surface area contributed by atoms with Gasteiger partial charge in [0.2, 0.25) is 0 Å². The van der Waals surface area contributed by atoms with Crippen molar-refractivity contribution in [2.75, 3.05) is 6.54 Å². The number of carbonyl (C=O) groups excluding carboxylic acids is 2. The first-order chi connectivity index (χ1) is 17.3. The van der Waals surface area contributed by atoms with E-state index in [4.69, 9.17) is 9.84 Å². The van der Waals surface area contributed by atoms with Crippen LogP contribution in [0.1, 0.15) is 79.7 Å². The molecule has 1 aliphatic heterocycles. The van der Waals surface area contributed by atoms with Gasteiger partial charge in [-0.05, 0) is 71.8 Å². The Hall–Kier alpha value is -3.15. The number of Topliss-reactive ketones (excluding diaryl/α,β-unsaturated/α-hetero) is 1. The minimum Gasteiger partial charge on any atom is -0.481 e. The van der Waals surface area contributed by atoms with E-state index in [1.165, 1.54) is 11.1 Å². The Balaban J connectivity index is 1.27. The molecule has 0 unspecified atom stereocenters. The first-order valence-electron chi connectivity index (χ1n) is 13.2. The number of aliphatic carboxylic acids is 1. The lowest BCUT2D eigenvalue weighted by Crippen LogP contribution is -2.39. The molecule has 0 spiro atoms. The van der Waals surface area contributed by atoms with Crippen molar-refractivity contribution >= 4 is 17.8 Å². The standard InChI is InChI=1S/C30H37NO5/c1-20(2)24-5-3-4-22(14-24)16-27(32)17-23-6-9-26-19-31(13-12-25(26)15-23)30(35)36-28-10-7-21(8-11-28)18-29(33)34/h3-6,9,14-15,20-21,28H,7-8,10-13,16-19H2,1-2H3,(H,33,34). The van der Waals surface area contributed by atoms with Gasteiger partial charge in [0.15, 0.2) is 0 Å². The summed E-state index contributed by atoms with van der Waals surface area (Å²) in [5, 5.41) is 8.96. The van der Waals surface area contributed by atoms with Crippen molar-refractivity contribution in [3.05, 3.63) is 70.3 Å². The van der Waals surface area contributed by atoms with Crippen LogP contribution in [0.4, 0.5) is 4.79 Å². The summed E-state index contributed by atoms with van der Waals surface area (Å²) in [6.07, 6.45) is 4.42. The first-order valence-corrected chi connectivity index (χ1v) is 13.2. The van der Waals surface area contributed by atoms with Gasteiger partial charge in [-0.15, -0.1) is 0 Å². The largest absolute Gasteiger partial charge is 0.481 e. The zero-order valence-electron chi connectivity index (χ0n) is 21.4. The quantitative estimate of drug-likeness (QED) is 0.513. The van der Waals surface area contributed by atoms with E-state index in [0.717, 1.165) is 48.8 Å². The number of hydrogen-bond acceptors (Lipinski definition) is 4. The lowest BCUT2D eigenvalue weighted by Gasteiger charge is -2.32. The minimum absolute atomic E-state index is 0.126. The number of ketones is 1. The van der Waals surface area contributed by atoms with Gasteiger partial charge in [0.25, 0.3) is 0 Å². The smallest absolute Gasteiger partial charge is 0.410 e. The number of rotatable bonds is 8. The molecule has 1 fully saturated rings. The molecule has 6 nitrogen and oxygen atoms in total. The number of ether oxygens (including phenoxy) is 1.